The molecule has 4 aromatic rings. The van der Waals surface area contributed by atoms with E-state index in [4.69, 9.17) is 4.98 Å². The van der Waals surface area contributed by atoms with Gasteiger partial charge in [0.1, 0.15) is 10.7 Å². The third-order valence-corrected chi connectivity index (χ3v) is 6.94. The number of hydrogen-bond acceptors (Lipinski definition) is 6. The van der Waals surface area contributed by atoms with Gasteiger partial charge in [0.2, 0.25) is 0 Å². The van der Waals surface area contributed by atoms with Crippen molar-refractivity contribution in [1.82, 2.24) is 24.2 Å². The number of aromatic nitrogens is 3. The number of rotatable bonds is 3. The normalized spacial score (nSPS) is 15.3. The standard InChI is InChI=1S/C21H21N5OS2/c1-14-22-17(13-28-14)20-23-16(12-29-20)19-11-15(18-5-3-4-6-26(18)19)21(27)25-9-7-24(2)8-10-25/h3-6,11-13H,7-10H2,1-2H3. The van der Waals surface area contributed by atoms with Crippen LogP contribution < -0.4 is 0 Å². The topological polar surface area (TPSA) is 53.7 Å². The smallest absolute Gasteiger partial charge is 0.256 e. The molecule has 0 radical (unpaired) electrons. The van der Waals surface area contributed by atoms with Crippen molar-refractivity contribution in [1.29, 1.82) is 0 Å². The van der Waals surface area contributed by atoms with Gasteiger partial charge in [-0.1, -0.05) is 6.07 Å². The van der Waals surface area contributed by atoms with Crippen molar-refractivity contribution in [3.05, 3.63) is 51.8 Å². The second-order valence-electron chi connectivity index (χ2n) is 7.28. The average molecular weight is 424 g/mol. The molecule has 1 fully saturated rings. The minimum absolute atomic E-state index is 0.0960. The van der Waals surface area contributed by atoms with Crippen LogP contribution in [-0.2, 0) is 0 Å². The number of nitrogens with zero attached hydrogens (tertiary/aromatic N) is 5. The van der Waals surface area contributed by atoms with Gasteiger partial charge in [-0.05, 0) is 32.2 Å². The molecule has 0 saturated carbocycles. The van der Waals surface area contributed by atoms with Crippen molar-refractivity contribution < 1.29 is 4.79 Å². The zero-order chi connectivity index (χ0) is 20.0. The first-order chi connectivity index (χ1) is 14.1. The average Bonchev–Trinajstić information content (AvgIpc) is 3.45. The van der Waals surface area contributed by atoms with Crippen LogP contribution in [0.2, 0.25) is 0 Å². The van der Waals surface area contributed by atoms with Gasteiger partial charge < -0.3 is 14.2 Å². The number of carbonyl (C=O) groups is 1. The van der Waals surface area contributed by atoms with Crippen LogP contribution in [0.1, 0.15) is 15.4 Å². The van der Waals surface area contributed by atoms with Gasteiger partial charge in [0.25, 0.3) is 5.91 Å². The second-order valence-corrected chi connectivity index (χ2v) is 9.20. The molecule has 1 saturated heterocycles. The lowest BCUT2D eigenvalue weighted by molar-refractivity contribution is 0.0666. The van der Waals surface area contributed by atoms with Crippen molar-refractivity contribution in [3.8, 4) is 22.1 Å². The summed E-state index contributed by atoms with van der Waals surface area (Å²) in [5, 5.41) is 6.02. The largest absolute Gasteiger partial charge is 0.336 e. The summed E-state index contributed by atoms with van der Waals surface area (Å²) in [4.78, 5) is 26.8. The highest BCUT2D eigenvalue weighted by Gasteiger charge is 2.24. The molecule has 6 nitrogen and oxygen atoms in total. The number of amides is 1. The van der Waals surface area contributed by atoms with E-state index in [1.807, 2.05) is 53.0 Å². The van der Waals surface area contributed by atoms with Crippen LogP contribution in [-0.4, -0.2) is 63.3 Å². The highest BCUT2D eigenvalue weighted by atomic mass is 32.1. The fourth-order valence-electron chi connectivity index (χ4n) is 3.67. The summed E-state index contributed by atoms with van der Waals surface area (Å²) in [6.07, 6.45) is 2.00. The molecule has 0 N–H and O–H groups in total. The van der Waals surface area contributed by atoms with Crippen molar-refractivity contribution >= 4 is 34.1 Å². The van der Waals surface area contributed by atoms with Crippen LogP contribution in [0.5, 0.6) is 0 Å². The number of thiazole rings is 2. The predicted octanol–water partition coefficient (Wildman–Crippen LogP) is 3.88. The molecule has 1 amide bonds. The Hall–Kier alpha value is -2.55. The molecule has 0 spiro atoms. The molecule has 29 heavy (non-hydrogen) atoms. The van der Waals surface area contributed by atoms with Crippen LogP contribution in [0, 0.1) is 6.92 Å². The first-order valence-electron chi connectivity index (χ1n) is 9.56. The van der Waals surface area contributed by atoms with E-state index < -0.39 is 0 Å². The Balaban J connectivity index is 1.54. The molecule has 5 heterocycles. The van der Waals surface area contributed by atoms with E-state index in [9.17, 15) is 4.79 Å². The van der Waals surface area contributed by atoms with E-state index in [1.54, 1.807) is 22.7 Å². The Labute approximate surface area is 177 Å². The van der Waals surface area contributed by atoms with Crippen LogP contribution in [0.3, 0.4) is 0 Å². The first kappa shape index (κ1) is 18.5. The van der Waals surface area contributed by atoms with Gasteiger partial charge in [-0.3, -0.25) is 4.79 Å². The summed E-state index contributed by atoms with van der Waals surface area (Å²) in [7, 11) is 2.09. The van der Waals surface area contributed by atoms with Crippen LogP contribution >= 0.6 is 22.7 Å². The Bertz CT molecular complexity index is 1180. The molecule has 0 atom stereocenters. The number of pyridine rings is 1. The molecule has 148 valence electrons. The lowest BCUT2D eigenvalue weighted by atomic mass is 10.2. The lowest BCUT2D eigenvalue weighted by Crippen LogP contribution is -2.47. The summed E-state index contributed by atoms with van der Waals surface area (Å²) in [5.74, 6) is 0.0960. The molecule has 5 rings (SSSR count). The van der Waals surface area contributed by atoms with Crippen LogP contribution in [0.15, 0.2) is 41.2 Å². The third kappa shape index (κ3) is 3.37. The van der Waals surface area contributed by atoms with E-state index in [0.29, 0.717) is 0 Å². The lowest BCUT2D eigenvalue weighted by Gasteiger charge is -2.32. The van der Waals surface area contributed by atoms with Gasteiger partial charge >= 0.3 is 0 Å². The Morgan fingerprint density at radius 3 is 2.59 bits per heavy atom. The van der Waals surface area contributed by atoms with E-state index >= 15 is 0 Å². The number of hydrogen-bond donors (Lipinski definition) is 0. The Morgan fingerprint density at radius 1 is 1.03 bits per heavy atom. The molecular weight excluding hydrogens is 402 g/mol. The van der Waals surface area contributed by atoms with E-state index in [-0.39, 0.29) is 5.91 Å². The van der Waals surface area contributed by atoms with E-state index in [2.05, 4.69) is 21.3 Å². The third-order valence-electron chi connectivity index (χ3n) is 5.30. The Kier molecular flexibility index (Phi) is 4.69. The van der Waals surface area contributed by atoms with E-state index in [0.717, 1.165) is 64.4 Å². The fourth-order valence-corrected chi connectivity index (χ4v) is 5.12. The summed E-state index contributed by atoms with van der Waals surface area (Å²) < 4.78 is 2.06. The molecule has 0 aromatic carbocycles. The van der Waals surface area contributed by atoms with Gasteiger partial charge in [0, 0.05) is 43.1 Å². The maximum absolute atomic E-state index is 13.3. The first-order valence-corrected chi connectivity index (χ1v) is 11.3. The van der Waals surface area contributed by atoms with Gasteiger partial charge in [-0.2, -0.15) is 0 Å². The number of piperazine rings is 1. The number of carbonyl (C=O) groups excluding carboxylic acids is 1. The Morgan fingerprint density at radius 2 is 1.83 bits per heavy atom. The van der Waals surface area contributed by atoms with Crippen molar-refractivity contribution in [3.63, 3.8) is 0 Å². The SMILES string of the molecule is Cc1nc(-c2nc(-c3cc(C(=O)N4CCN(C)CC4)c4ccccn34)cs2)cs1. The maximum Gasteiger partial charge on any atom is 0.256 e. The fraction of sp³-hybridized carbons (Fsp3) is 0.286. The highest BCUT2D eigenvalue weighted by Crippen LogP contribution is 2.32. The van der Waals surface area contributed by atoms with Crippen LogP contribution in [0.4, 0.5) is 0 Å². The maximum atomic E-state index is 13.3. The van der Waals surface area contributed by atoms with Crippen molar-refractivity contribution in [2.45, 2.75) is 6.92 Å². The predicted molar refractivity (Wildman–Crippen MR) is 118 cm³/mol. The van der Waals surface area contributed by atoms with Gasteiger partial charge in [0.15, 0.2) is 0 Å². The highest BCUT2D eigenvalue weighted by molar-refractivity contribution is 7.14. The molecule has 0 bridgehead atoms. The molecule has 4 aromatic heterocycles. The zero-order valence-electron chi connectivity index (χ0n) is 16.3. The molecule has 1 aliphatic heterocycles. The number of aryl methyl sites for hydroxylation is 1. The number of fused-ring (bicyclic) bond motifs is 1. The van der Waals surface area contributed by atoms with Crippen molar-refractivity contribution in [2.24, 2.45) is 0 Å². The zero-order valence-corrected chi connectivity index (χ0v) is 18.0. The second kappa shape index (κ2) is 7.37. The number of likely N-dealkylation sites (N-methyl/N-ethyl adjacent to an activating group) is 1. The summed E-state index contributed by atoms with van der Waals surface area (Å²) in [6.45, 7) is 5.34. The summed E-state index contributed by atoms with van der Waals surface area (Å²) in [5.41, 5.74) is 4.38. The van der Waals surface area contributed by atoms with Gasteiger partial charge in [-0.15, -0.1) is 22.7 Å². The molecule has 1 aliphatic rings. The quantitative estimate of drug-likeness (QED) is 0.502. The molecular formula is C21H21N5OS2. The molecule has 0 aliphatic carbocycles. The minimum Gasteiger partial charge on any atom is -0.336 e. The molecule has 8 heteroatoms. The summed E-state index contributed by atoms with van der Waals surface area (Å²) >= 11 is 3.21. The molecule has 0 unspecified atom stereocenters. The van der Waals surface area contributed by atoms with Crippen LogP contribution in [0.25, 0.3) is 27.6 Å². The van der Waals surface area contributed by atoms with E-state index in [1.165, 1.54) is 0 Å². The van der Waals surface area contributed by atoms with Gasteiger partial charge in [-0.25, -0.2) is 9.97 Å². The minimum atomic E-state index is 0.0960. The summed E-state index contributed by atoms with van der Waals surface area (Å²) in [6, 6.07) is 7.95. The van der Waals surface area contributed by atoms with Gasteiger partial charge in [0.05, 0.1) is 27.5 Å². The van der Waals surface area contributed by atoms with Crippen molar-refractivity contribution in [2.75, 3.05) is 33.2 Å². The monoisotopic (exact) mass is 423 g/mol.